The lowest BCUT2D eigenvalue weighted by atomic mass is 9.90. The smallest absolute Gasteiger partial charge is 0.264 e. The van der Waals surface area contributed by atoms with Gasteiger partial charge in [0.1, 0.15) is 12.0 Å². The van der Waals surface area contributed by atoms with E-state index in [2.05, 4.69) is 10.7 Å². The fourth-order valence-corrected chi connectivity index (χ4v) is 3.64. The second-order valence-electron chi connectivity index (χ2n) is 6.36. The van der Waals surface area contributed by atoms with E-state index >= 15 is 0 Å². The quantitative estimate of drug-likeness (QED) is 0.867. The second-order valence-corrected chi connectivity index (χ2v) is 6.79. The van der Waals surface area contributed by atoms with E-state index in [4.69, 9.17) is 11.6 Å². The molecule has 2 heterocycles. The van der Waals surface area contributed by atoms with Crippen molar-refractivity contribution in [2.24, 2.45) is 0 Å². The number of halogens is 2. The molecule has 2 aromatic carbocycles. The van der Waals surface area contributed by atoms with E-state index in [0.29, 0.717) is 10.7 Å². The van der Waals surface area contributed by atoms with Crippen molar-refractivity contribution in [2.45, 2.75) is 25.0 Å². The van der Waals surface area contributed by atoms with Gasteiger partial charge in [-0.1, -0.05) is 23.7 Å². The Balaban J connectivity index is 1.68. The molecule has 4 nitrogen and oxygen atoms in total. The lowest BCUT2D eigenvalue weighted by Gasteiger charge is -2.33. The molecular weight excluding hydrogens is 341 g/mol. The van der Waals surface area contributed by atoms with Crippen LogP contribution >= 0.6 is 11.6 Å². The van der Waals surface area contributed by atoms with Crippen LogP contribution in [0.5, 0.6) is 0 Å². The summed E-state index contributed by atoms with van der Waals surface area (Å²) in [6.07, 6.45) is 1.31. The third-order valence-corrected chi connectivity index (χ3v) is 4.97. The summed E-state index contributed by atoms with van der Waals surface area (Å²) in [5, 5.41) is 5.72. The van der Waals surface area contributed by atoms with Crippen LogP contribution in [0, 0.1) is 5.82 Å². The summed E-state index contributed by atoms with van der Waals surface area (Å²) in [5.74, 6) is -0.361. The summed E-state index contributed by atoms with van der Waals surface area (Å²) in [7, 11) is 0. The highest BCUT2D eigenvalue weighted by Gasteiger charge is 2.44. The molecule has 25 heavy (non-hydrogen) atoms. The average molecular weight is 358 g/mol. The number of rotatable bonds is 2. The monoisotopic (exact) mass is 357 g/mol. The van der Waals surface area contributed by atoms with Crippen LogP contribution in [0.2, 0.25) is 5.02 Å². The normalized spacial score (nSPS) is 25.4. The van der Waals surface area contributed by atoms with Gasteiger partial charge in [-0.3, -0.25) is 9.80 Å². The number of carbonyl (C=O) groups is 1. The van der Waals surface area contributed by atoms with Crippen LogP contribution in [-0.4, -0.2) is 23.1 Å². The summed E-state index contributed by atoms with van der Waals surface area (Å²) in [6.45, 7) is 2.05. The van der Waals surface area contributed by atoms with Crippen molar-refractivity contribution in [3.63, 3.8) is 0 Å². The number of carbonyl (C=O) groups excluding carboxylic acids is 1. The van der Waals surface area contributed by atoms with Crippen molar-refractivity contribution in [1.29, 1.82) is 0 Å². The molecule has 2 N–H and O–H groups in total. The minimum atomic E-state index is -0.302. The minimum Gasteiger partial charge on any atom is -0.363 e. The van der Waals surface area contributed by atoms with Crippen molar-refractivity contribution >= 4 is 23.2 Å². The number of hydrazine groups is 1. The maximum atomic E-state index is 13.2. The summed E-state index contributed by atoms with van der Waals surface area (Å²) < 4.78 is 13.2. The van der Waals surface area contributed by atoms with Crippen LogP contribution in [0.3, 0.4) is 0 Å². The molecular formula is C19H17ClFN3O. The average Bonchev–Trinajstić information content (AvgIpc) is 2.93. The molecule has 128 valence electrons. The predicted octanol–water partition coefficient (Wildman–Crippen LogP) is 3.27. The Morgan fingerprint density at radius 1 is 1.08 bits per heavy atom. The van der Waals surface area contributed by atoms with Crippen molar-refractivity contribution in [1.82, 2.24) is 15.8 Å². The predicted molar refractivity (Wildman–Crippen MR) is 94.9 cm³/mol. The minimum absolute atomic E-state index is 0.0605. The molecule has 2 aliphatic heterocycles. The van der Waals surface area contributed by atoms with E-state index in [0.717, 1.165) is 11.1 Å². The first kappa shape index (κ1) is 16.1. The molecule has 0 saturated carbocycles. The third kappa shape index (κ3) is 2.90. The number of nitrogens with zero attached hydrogens (tertiary/aromatic N) is 1. The lowest BCUT2D eigenvalue weighted by Crippen LogP contribution is -2.52. The Labute approximate surface area is 150 Å². The Hall–Kier alpha value is -2.37. The van der Waals surface area contributed by atoms with Crippen molar-refractivity contribution < 1.29 is 9.18 Å². The van der Waals surface area contributed by atoms with Gasteiger partial charge in [-0.05, 0) is 54.4 Å². The molecule has 1 saturated heterocycles. The lowest BCUT2D eigenvalue weighted by molar-refractivity contribution is -0.130. The van der Waals surface area contributed by atoms with Crippen LogP contribution in [0.4, 0.5) is 4.39 Å². The first-order valence-corrected chi connectivity index (χ1v) is 8.50. The zero-order valence-electron chi connectivity index (χ0n) is 13.5. The second kappa shape index (κ2) is 6.17. The van der Waals surface area contributed by atoms with E-state index in [1.54, 1.807) is 17.1 Å². The number of hydrogen-bond donors (Lipinski definition) is 2. The SMILES string of the molecule is CC1NN2C(=O)C=C(c3ccc(F)cc3)NC2C1c1ccc(Cl)cc1. The Kier molecular flexibility index (Phi) is 3.98. The zero-order valence-corrected chi connectivity index (χ0v) is 14.3. The number of benzene rings is 2. The van der Waals surface area contributed by atoms with Crippen LogP contribution in [-0.2, 0) is 4.79 Å². The molecule has 1 fully saturated rings. The van der Waals surface area contributed by atoms with E-state index in [1.807, 2.05) is 31.2 Å². The molecule has 0 aliphatic carbocycles. The molecule has 3 atom stereocenters. The van der Waals surface area contributed by atoms with Crippen LogP contribution in [0.1, 0.15) is 24.0 Å². The first-order valence-electron chi connectivity index (χ1n) is 8.12. The van der Waals surface area contributed by atoms with Crippen LogP contribution in [0.25, 0.3) is 5.70 Å². The number of fused-ring (bicyclic) bond motifs is 1. The largest absolute Gasteiger partial charge is 0.363 e. The van der Waals surface area contributed by atoms with Gasteiger partial charge >= 0.3 is 0 Å². The van der Waals surface area contributed by atoms with Gasteiger partial charge in [0.15, 0.2) is 0 Å². The highest BCUT2D eigenvalue weighted by atomic mass is 35.5. The van der Waals surface area contributed by atoms with Gasteiger partial charge in [0, 0.05) is 28.8 Å². The fraction of sp³-hybridized carbons (Fsp3) is 0.211. The van der Waals surface area contributed by atoms with Gasteiger partial charge in [0.25, 0.3) is 5.91 Å². The summed E-state index contributed by atoms with van der Waals surface area (Å²) in [6, 6.07) is 13.9. The Bertz CT molecular complexity index is 835. The van der Waals surface area contributed by atoms with E-state index in [9.17, 15) is 9.18 Å². The molecule has 0 aromatic heterocycles. The highest BCUT2D eigenvalue weighted by molar-refractivity contribution is 6.30. The summed E-state index contributed by atoms with van der Waals surface area (Å²) in [5.41, 5.74) is 5.81. The van der Waals surface area contributed by atoms with Crippen LogP contribution in [0.15, 0.2) is 54.6 Å². The van der Waals surface area contributed by atoms with Gasteiger partial charge in [0.2, 0.25) is 0 Å². The Morgan fingerprint density at radius 3 is 2.44 bits per heavy atom. The van der Waals surface area contributed by atoms with Gasteiger partial charge in [-0.25, -0.2) is 9.82 Å². The topological polar surface area (TPSA) is 44.4 Å². The van der Waals surface area contributed by atoms with Crippen molar-refractivity contribution in [3.8, 4) is 0 Å². The number of hydrogen-bond acceptors (Lipinski definition) is 3. The van der Waals surface area contributed by atoms with Crippen LogP contribution < -0.4 is 10.7 Å². The number of nitrogens with one attached hydrogen (secondary N) is 2. The fourth-order valence-electron chi connectivity index (χ4n) is 3.52. The maximum absolute atomic E-state index is 13.2. The molecule has 3 unspecified atom stereocenters. The van der Waals surface area contributed by atoms with Gasteiger partial charge in [0.05, 0.1) is 0 Å². The van der Waals surface area contributed by atoms with E-state index in [-0.39, 0.29) is 29.8 Å². The van der Waals surface area contributed by atoms with Gasteiger partial charge in [-0.2, -0.15) is 0 Å². The van der Waals surface area contributed by atoms with Crippen molar-refractivity contribution in [2.75, 3.05) is 0 Å². The molecule has 0 bridgehead atoms. The number of amides is 1. The molecule has 1 amide bonds. The molecule has 6 heteroatoms. The van der Waals surface area contributed by atoms with E-state index < -0.39 is 0 Å². The molecule has 4 rings (SSSR count). The Morgan fingerprint density at radius 2 is 1.76 bits per heavy atom. The van der Waals surface area contributed by atoms with Gasteiger partial charge < -0.3 is 5.32 Å². The molecule has 0 spiro atoms. The molecule has 2 aromatic rings. The summed E-state index contributed by atoms with van der Waals surface area (Å²) in [4.78, 5) is 12.6. The van der Waals surface area contributed by atoms with Crippen molar-refractivity contribution in [3.05, 3.63) is 76.6 Å². The molecule has 2 aliphatic rings. The first-order chi connectivity index (χ1) is 12.0. The third-order valence-electron chi connectivity index (χ3n) is 4.72. The maximum Gasteiger partial charge on any atom is 0.264 e. The summed E-state index contributed by atoms with van der Waals surface area (Å²) >= 11 is 6.00. The molecule has 0 radical (unpaired) electrons. The van der Waals surface area contributed by atoms with Gasteiger partial charge in [-0.15, -0.1) is 0 Å². The highest BCUT2D eigenvalue weighted by Crippen LogP contribution is 2.35. The standard InChI is InChI=1S/C19H17ClFN3O/c1-11-18(13-2-6-14(20)7-3-13)19-22-16(10-17(25)24(19)23-11)12-4-8-15(21)9-5-12/h2-11,18-19,22-23H,1H3. The van der Waals surface area contributed by atoms with E-state index in [1.165, 1.54) is 18.2 Å². The zero-order chi connectivity index (χ0) is 17.6.